The van der Waals surface area contributed by atoms with E-state index >= 15 is 0 Å². The Balaban J connectivity index is 1.81. The lowest BCUT2D eigenvalue weighted by molar-refractivity contribution is -0.122. The van der Waals surface area contributed by atoms with Gasteiger partial charge in [-0.3, -0.25) is 4.79 Å². The molecule has 3 rings (SSSR count). The summed E-state index contributed by atoms with van der Waals surface area (Å²) in [6.45, 7) is 3.57. The molecule has 2 heterocycles. The molecule has 0 amide bonds. The minimum atomic E-state index is -1.19. The second-order valence-corrected chi connectivity index (χ2v) is 7.61. The van der Waals surface area contributed by atoms with Crippen molar-refractivity contribution in [3.8, 4) is 17.2 Å². The maximum atomic E-state index is 12.6. The van der Waals surface area contributed by atoms with Crippen LogP contribution in [0.25, 0.3) is 11.1 Å². The quantitative estimate of drug-likeness (QED) is 0.554. The molecule has 1 fully saturated rings. The number of carbonyl (C=O) groups is 2. The molecular formula is C21H21N3O4S. The van der Waals surface area contributed by atoms with Crippen molar-refractivity contribution in [2.24, 2.45) is 5.92 Å². The van der Waals surface area contributed by atoms with E-state index in [2.05, 4.69) is 4.90 Å². The van der Waals surface area contributed by atoms with Gasteiger partial charge in [-0.1, -0.05) is 30.3 Å². The van der Waals surface area contributed by atoms with Gasteiger partial charge < -0.3 is 19.8 Å². The monoisotopic (exact) mass is 411 g/mol. The van der Waals surface area contributed by atoms with Crippen molar-refractivity contribution < 1.29 is 19.1 Å². The summed E-state index contributed by atoms with van der Waals surface area (Å²) in [4.78, 5) is 27.2. The molecule has 8 heteroatoms. The Labute approximate surface area is 173 Å². The van der Waals surface area contributed by atoms with Crippen molar-refractivity contribution in [1.82, 2.24) is 0 Å². The van der Waals surface area contributed by atoms with Gasteiger partial charge in [0.15, 0.2) is 12.4 Å². The second-order valence-electron chi connectivity index (χ2n) is 6.58. The van der Waals surface area contributed by atoms with Gasteiger partial charge in [0, 0.05) is 24.4 Å². The number of ether oxygens (including phenoxy) is 2. The van der Waals surface area contributed by atoms with Crippen LogP contribution in [0.5, 0.6) is 0 Å². The van der Waals surface area contributed by atoms with Crippen LogP contribution in [-0.2, 0) is 14.3 Å². The number of rotatable bonds is 7. The number of hydrogen-bond donors (Lipinski definition) is 1. The summed E-state index contributed by atoms with van der Waals surface area (Å²) in [5.74, 6) is -2.39. The van der Waals surface area contributed by atoms with E-state index in [1.54, 1.807) is 12.1 Å². The molecule has 2 aromatic rings. The number of nitrogens with zero attached hydrogens (tertiary/aromatic N) is 2. The van der Waals surface area contributed by atoms with Crippen LogP contribution in [0.4, 0.5) is 5.00 Å². The van der Waals surface area contributed by atoms with Gasteiger partial charge in [-0.15, -0.1) is 11.3 Å². The lowest BCUT2D eigenvalue weighted by Crippen LogP contribution is -2.35. The van der Waals surface area contributed by atoms with Gasteiger partial charge in [-0.05, 0) is 18.6 Å². The van der Waals surface area contributed by atoms with E-state index in [0.29, 0.717) is 18.1 Å². The zero-order valence-corrected chi connectivity index (χ0v) is 16.8. The number of nitrogens with one attached hydrogen (secondary N) is 1. The molecule has 0 saturated carbocycles. The summed E-state index contributed by atoms with van der Waals surface area (Å²) >= 11 is 1.32. The first-order valence-electron chi connectivity index (χ1n) is 9.17. The molecule has 7 nitrogen and oxygen atoms in total. The maximum absolute atomic E-state index is 12.6. The summed E-state index contributed by atoms with van der Waals surface area (Å²) in [5, 5.41) is 17.4. The molecule has 1 aromatic heterocycles. The minimum Gasteiger partial charge on any atom is -0.453 e. The largest absolute Gasteiger partial charge is 0.453 e. The molecule has 1 atom stereocenters. The highest BCUT2D eigenvalue weighted by atomic mass is 32.1. The first-order valence-corrected chi connectivity index (χ1v) is 9.99. The SMILES string of the molecule is CC(=N)C(C#N)C(=O)COC(=O)c1cc(-c2ccccc2)c(N2CCOCC2)s1. The molecule has 0 aliphatic carbocycles. The minimum absolute atomic E-state index is 0.0642. The van der Waals surface area contributed by atoms with E-state index in [1.807, 2.05) is 30.3 Å². The predicted molar refractivity (Wildman–Crippen MR) is 111 cm³/mol. The van der Waals surface area contributed by atoms with Crippen molar-refractivity contribution >= 4 is 33.8 Å². The van der Waals surface area contributed by atoms with Crippen molar-refractivity contribution in [3.63, 3.8) is 0 Å². The number of thiophene rings is 1. The van der Waals surface area contributed by atoms with Crippen molar-refractivity contribution in [2.75, 3.05) is 37.8 Å². The van der Waals surface area contributed by atoms with Crippen molar-refractivity contribution in [2.45, 2.75) is 6.92 Å². The predicted octanol–water partition coefficient (Wildman–Crippen LogP) is 3.16. The fourth-order valence-corrected chi connectivity index (χ4v) is 4.14. The third-order valence-corrected chi connectivity index (χ3v) is 5.70. The van der Waals surface area contributed by atoms with Gasteiger partial charge >= 0.3 is 5.97 Å². The van der Waals surface area contributed by atoms with Crippen LogP contribution in [0.2, 0.25) is 0 Å². The highest BCUT2D eigenvalue weighted by molar-refractivity contribution is 7.18. The number of ketones is 1. The van der Waals surface area contributed by atoms with Gasteiger partial charge in [0.05, 0.1) is 24.3 Å². The first-order chi connectivity index (χ1) is 14.0. The fourth-order valence-electron chi connectivity index (χ4n) is 3.01. The van der Waals surface area contributed by atoms with Gasteiger partial charge in [-0.25, -0.2) is 4.79 Å². The number of benzene rings is 1. The van der Waals surface area contributed by atoms with E-state index in [4.69, 9.17) is 20.1 Å². The highest BCUT2D eigenvalue weighted by Crippen LogP contribution is 2.39. The standard InChI is InChI=1S/C21H21N3O4S/c1-14(23)17(12-22)18(25)13-28-21(26)19-11-16(15-5-3-2-4-6-15)20(29-19)24-7-9-27-10-8-24/h2-6,11,17,23H,7-10,13H2,1H3. The van der Waals surface area contributed by atoms with Crippen molar-refractivity contribution in [1.29, 1.82) is 10.7 Å². The van der Waals surface area contributed by atoms with Crippen LogP contribution in [0.15, 0.2) is 36.4 Å². The van der Waals surface area contributed by atoms with Gasteiger partial charge in [-0.2, -0.15) is 5.26 Å². The lowest BCUT2D eigenvalue weighted by Gasteiger charge is -2.28. The molecule has 1 unspecified atom stereocenters. The number of hydrogen-bond acceptors (Lipinski definition) is 8. The molecule has 1 saturated heterocycles. The molecule has 0 spiro atoms. The molecule has 29 heavy (non-hydrogen) atoms. The third kappa shape index (κ3) is 4.88. The zero-order chi connectivity index (χ0) is 20.8. The average molecular weight is 411 g/mol. The van der Waals surface area contributed by atoms with Crippen LogP contribution in [0, 0.1) is 22.7 Å². The lowest BCUT2D eigenvalue weighted by atomic mass is 10.0. The van der Waals surface area contributed by atoms with Crippen LogP contribution < -0.4 is 4.90 Å². The van der Waals surface area contributed by atoms with E-state index < -0.39 is 24.3 Å². The van der Waals surface area contributed by atoms with E-state index in [-0.39, 0.29) is 5.71 Å². The topological polar surface area (TPSA) is 103 Å². The Kier molecular flexibility index (Phi) is 6.75. The third-order valence-electron chi connectivity index (χ3n) is 4.53. The molecule has 0 radical (unpaired) electrons. The maximum Gasteiger partial charge on any atom is 0.348 e. The van der Waals surface area contributed by atoms with Gasteiger partial charge in [0.25, 0.3) is 0 Å². The van der Waals surface area contributed by atoms with Crippen molar-refractivity contribution in [3.05, 3.63) is 41.3 Å². The van der Waals surface area contributed by atoms with Crippen LogP contribution in [-0.4, -0.2) is 50.4 Å². The summed E-state index contributed by atoms with van der Waals surface area (Å²) in [7, 11) is 0. The zero-order valence-electron chi connectivity index (χ0n) is 16.0. The first kappa shape index (κ1) is 20.7. The summed E-state index contributed by atoms with van der Waals surface area (Å²) in [6.07, 6.45) is 0. The summed E-state index contributed by atoms with van der Waals surface area (Å²) < 4.78 is 10.6. The van der Waals surface area contributed by atoms with E-state index in [0.717, 1.165) is 29.2 Å². The highest BCUT2D eigenvalue weighted by Gasteiger charge is 2.25. The van der Waals surface area contributed by atoms with Gasteiger partial charge in [0.1, 0.15) is 10.8 Å². The molecule has 0 bridgehead atoms. The Morgan fingerprint density at radius 2 is 2.00 bits per heavy atom. The van der Waals surface area contributed by atoms with E-state index in [9.17, 15) is 9.59 Å². The van der Waals surface area contributed by atoms with Crippen LogP contribution in [0.3, 0.4) is 0 Å². The Morgan fingerprint density at radius 1 is 1.31 bits per heavy atom. The molecule has 1 N–H and O–H groups in total. The molecular weight excluding hydrogens is 390 g/mol. The molecule has 150 valence electrons. The van der Waals surface area contributed by atoms with Crippen LogP contribution >= 0.6 is 11.3 Å². The normalized spacial score (nSPS) is 14.7. The van der Waals surface area contributed by atoms with Gasteiger partial charge in [0.2, 0.25) is 0 Å². The Bertz CT molecular complexity index is 943. The number of carbonyl (C=O) groups excluding carboxylic acids is 2. The smallest absolute Gasteiger partial charge is 0.348 e. The number of Topliss-reactive ketones (excluding diaryl/α,β-unsaturated/α-hetero) is 1. The Morgan fingerprint density at radius 3 is 2.62 bits per heavy atom. The molecule has 1 aromatic carbocycles. The number of nitriles is 1. The molecule has 1 aliphatic heterocycles. The second kappa shape index (κ2) is 9.45. The number of anilines is 1. The summed E-state index contributed by atoms with van der Waals surface area (Å²) in [6, 6.07) is 13.3. The summed E-state index contributed by atoms with van der Waals surface area (Å²) in [5.41, 5.74) is 1.86. The Hall–Kier alpha value is -3.02. The van der Waals surface area contributed by atoms with Crippen LogP contribution in [0.1, 0.15) is 16.6 Å². The number of morpholine rings is 1. The molecule has 1 aliphatic rings. The number of esters is 1. The van der Waals surface area contributed by atoms with E-state index in [1.165, 1.54) is 18.3 Å². The average Bonchev–Trinajstić information content (AvgIpc) is 3.19. The fraction of sp³-hybridized carbons (Fsp3) is 0.333.